The lowest BCUT2D eigenvalue weighted by Gasteiger charge is -2.28. The Hall–Kier alpha value is -2.64. The summed E-state index contributed by atoms with van der Waals surface area (Å²) in [7, 11) is 1.57. The summed E-state index contributed by atoms with van der Waals surface area (Å²) >= 11 is 3.44. The zero-order chi connectivity index (χ0) is 23.4. The Balaban J connectivity index is 2.12. The van der Waals surface area contributed by atoms with Crippen LogP contribution in [-0.2, 0) is 9.59 Å². The first kappa shape index (κ1) is 24.0. The normalized spacial score (nSPS) is 17.9. The molecule has 2 aromatic rings. The van der Waals surface area contributed by atoms with Crippen LogP contribution < -0.4 is 4.74 Å². The average molecular weight is 501 g/mol. The van der Waals surface area contributed by atoms with E-state index in [0.29, 0.717) is 24.4 Å². The van der Waals surface area contributed by atoms with E-state index in [1.165, 1.54) is 0 Å². The Morgan fingerprint density at radius 3 is 2.34 bits per heavy atom. The molecule has 0 aliphatic carbocycles. The highest BCUT2D eigenvalue weighted by molar-refractivity contribution is 9.10. The van der Waals surface area contributed by atoms with Crippen molar-refractivity contribution in [2.24, 2.45) is 0 Å². The van der Waals surface area contributed by atoms with E-state index in [1.807, 2.05) is 31.2 Å². The molecule has 1 atom stereocenters. The number of ketones is 1. The summed E-state index contributed by atoms with van der Waals surface area (Å²) in [5, 5.41) is 11.2. The number of aryl methyl sites for hydroxylation is 1. The van der Waals surface area contributed by atoms with E-state index in [-0.39, 0.29) is 11.3 Å². The number of hydrogen-bond acceptors (Lipinski definition) is 5. The number of benzene rings is 2. The van der Waals surface area contributed by atoms with Gasteiger partial charge in [0, 0.05) is 23.1 Å². The highest BCUT2D eigenvalue weighted by Gasteiger charge is 2.46. The number of Topliss-reactive ketones (excluding diaryl/α,β-unsaturated/α-hetero) is 1. The molecule has 1 aliphatic heterocycles. The summed E-state index contributed by atoms with van der Waals surface area (Å²) in [5.74, 6) is -0.757. The number of likely N-dealkylation sites (N-methyl/N-ethyl adjacent to an activating group) is 1. The Kier molecular flexibility index (Phi) is 7.74. The summed E-state index contributed by atoms with van der Waals surface area (Å²) in [6.07, 6.45) is 0. The van der Waals surface area contributed by atoms with Gasteiger partial charge in [0.25, 0.3) is 11.7 Å². The van der Waals surface area contributed by atoms with Gasteiger partial charge in [-0.15, -0.1) is 0 Å². The first-order valence-corrected chi connectivity index (χ1v) is 11.5. The lowest BCUT2D eigenvalue weighted by atomic mass is 9.94. The number of aliphatic hydroxyl groups excluding tert-OH is 1. The zero-order valence-electron chi connectivity index (χ0n) is 18.9. The van der Waals surface area contributed by atoms with Crippen molar-refractivity contribution in [3.63, 3.8) is 0 Å². The number of carbonyl (C=O) groups is 2. The first-order valence-electron chi connectivity index (χ1n) is 10.7. The first-order chi connectivity index (χ1) is 15.3. The number of likely N-dealkylation sites (tertiary alicyclic amines) is 1. The molecule has 0 spiro atoms. The molecule has 1 fully saturated rings. The maximum atomic E-state index is 13.1. The lowest BCUT2D eigenvalue weighted by Crippen LogP contribution is -2.38. The molecule has 0 saturated carbocycles. The topological polar surface area (TPSA) is 70.1 Å². The summed E-state index contributed by atoms with van der Waals surface area (Å²) in [6.45, 7) is 8.72. The number of hydrogen-bond donors (Lipinski definition) is 1. The van der Waals surface area contributed by atoms with Gasteiger partial charge in [-0.1, -0.05) is 41.9 Å². The third-order valence-electron chi connectivity index (χ3n) is 5.97. The number of aliphatic hydroxyl groups is 1. The monoisotopic (exact) mass is 500 g/mol. The van der Waals surface area contributed by atoms with E-state index in [4.69, 9.17) is 4.74 Å². The predicted molar refractivity (Wildman–Crippen MR) is 129 cm³/mol. The number of amides is 1. The molecule has 1 saturated heterocycles. The van der Waals surface area contributed by atoms with Crippen molar-refractivity contribution >= 4 is 33.4 Å². The highest BCUT2D eigenvalue weighted by Crippen LogP contribution is 2.40. The SMILES string of the molecule is CCN(CC)CCN1C(=O)C(=O)/C(=C(/O)c2ccc(OC)cc2C)[C@@H]1c1ccc(Br)cc1. The van der Waals surface area contributed by atoms with E-state index in [2.05, 4.69) is 34.7 Å². The van der Waals surface area contributed by atoms with Crippen LogP contribution in [0.25, 0.3) is 5.76 Å². The number of nitrogens with zero attached hydrogens (tertiary/aromatic N) is 2. The van der Waals surface area contributed by atoms with Crippen LogP contribution in [0.15, 0.2) is 52.5 Å². The Labute approximate surface area is 197 Å². The average Bonchev–Trinajstić information content (AvgIpc) is 3.04. The number of halogens is 1. The molecule has 0 unspecified atom stereocenters. The summed E-state index contributed by atoms with van der Waals surface area (Å²) in [4.78, 5) is 30.0. The molecule has 0 bridgehead atoms. The van der Waals surface area contributed by atoms with Crippen molar-refractivity contribution in [2.45, 2.75) is 26.8 Å². The molecule has 170 valence electrons. The van der Waals surface area contributed by atoms with Crippen LogP contribution in [0.4, 0.5) is 0 Å². The van der Waals surface area contributed by atoms with Crippen LogP contribution in [-0.4, -0.2) is 59.9 Å². The van der Waals surface area contributed by atoms with E-state index in [9.17, 15) is 14.7 Å². The molecule has 6 nitrogen and oxygen atoms in total. The molecule has 2 aromatic carbocycles. The Morgan fingerprint density at radius 2 is 1.78 bits per heavy atom. The minimum Gasteiger partial charge on any atom is -0.507 e. The summed E-state index contributed by atoms with van der Waals surface area (Å²) in [5.41, 5.74) is 2.16. The van der Waals surface area contributed by atoms with Crippen molar-refractivity contribution in [2.75, 3.05) is 33.3 Å². The third-order valence-corrected chi connectivity index (χ3v) is 6.49. The van der Waals surface area contributed by atoms with Gasteiger partial charge < -0.3 is 19.6 Å². The van der Waals surface area contributed by atoms with E-state index < -0.39 is 17.7 Å². The van der Waals surface area contributed by atoms with Gasteiger partial charge in [0.05, 0.1) is 18.7 Å². The highest BCUT2D eigenvalue weighted by atomic mass is 79.9. The van der Waals surface area contributed by atoms with E-state index in [0.717, 1.165) is 28.7 Å². The molecule has 1 aliphatic rings. The third kappa shape index (κ3) is 4.74. The van der Waals surface area contributed by atoms with Crippen LogP contribution in [0.5, 0.6) is 5.75 Å². The smallest absolute Gasteiger partial charge is 0.295 e. The van der Waals surface area contributed by atoms with Crippen LogP contribution in [0.3, 0.4) is 0 Å². The Bertz CT molecular complexity index is 1030. The molecule has 1 N–H and O–H groups in total. The second-order valence-electron chi connectivity index (χ2n) is 7.75. The van der Waals surface area contributed by atoms with E-state index >= 15 is 0 Å². The summed E-state index contributed by atoms with van der Waals surface area (Å²) < 4.78 is 6.15. The number of carbonyl (C=O) groups excluding carboxylic acids is 2. The number of ether oxygens (including phenoxy) is 1. The number of methoxy groups -OCH3 is 1. The fraction of sp³-hybridized carbons (Fsp3) is 0.360. The molecule has 3 rings (SSSR count). The van der Waals surface area contributed by atoms with Gasteiger partial charge in [0.1, 0.15) is 11.5 Å². The molecule has 1 amide bonds. The lowest BCUT2D eigenvalue weighted by molar-refractivity contribution is -0.140. The van der Waals surface area contributed by atoms with Crippen LogP contribution in [0.2, 0.25) is 0 Å². The van der Waals surface area contributed by atoms with Crippen molar-refractivity contribution < 1.29 is 19.4 Å². The molecule has 1 heterocycles. The van der Waals surface area contributed by atoms with Gasteiger partial charge in [-0.3, -0.25) is 9.59 Å². The van der Waals surface area contributed by atoms with Crippen molar-refractivity contribution in [1.82, 2.24) is 9.80 Å². The largest absolute Gasteiger partial charge is 0.507 e. The van der Waals surface area contributed by atoms with Gasteiger partial charge in [-0.25, -0.2) is 0 Å². The molecule has 7 heteroatoms. The van der Waals surface area contributed by atoms with Gasteiger partial charge >= 0.3 is 0 Å². The standard InChI is InChI=1S/C25H29BrN2O4/c1-5-27(6-2)13-14-28-22(17-7-9-18(26)10-8-17)21(24(30)25(28)31)23(29)20-12-11-19(32-4)15-16(20)3/h7-12,15,22,29H,5-6,13-14H2,1-4H3/b23-21+/t22-/m0/s1. The quantitative estimate of drug-likeness (QED) is 0.327. The molecule has 0 radical (unpaired) electrons. The minimum atomic E-state index is -0.662. The maximum absolute atomic E-state index is 13.1. The molecule has 0 aromatic heterocycles. The molecular formula is C25H29BrN2O4. The Morgan fingerprint density at radius 1 is 1.12 bits per heavy atom. The van der Waals surface area contributed by atoms with Gasteiger partial charge in [-0.05, 0) is 61.5 Å². The minimum absolute atomic E-state index is 0.116. The zero-order valence-corrected chi connectivity index (χ0v) is 20.5. The van der Waals surface area contributed by atoms with Gasteiger partial charge in [0.2, 0.25) is 0 Å². The molecule has 32 heavy (non-hydrogen) atoms. The van der Waals surface area contributed by atoms with Crippen LogP contribution in [0, 0.1) is 6.92 Å². The fourth-order valence-electron chi connectivity index (χ4n) is 4.07. The second-order valence-corrected chi connectivity index (χ2v) is 8.67. The van der Waals surface area contributed by atoms with Crippen molar-refractivity contribution in [3.05, 3.63) is 69.2 Å². The van der Waals surface area contributed by atoms with Gasteiger partial charge in [0.15, 0.2) is 0 Å². The predicted octanol–water partition coefficient (Wildman–Crippen LogP) is 4.53. The van der Waals surface area contributed by atoms with E-state index in [1.54, 1.807) is 30.2 Å². The van der Waals surface area contributed by atoms with Crippen molar-refractivity contribution in [1.29, 1.82) is 0 Å². The maximum Gasteiger partial charge on any atom is 0.295 e. The van der Waals surface area contributed by atoms with Crippen LogP contribution in [0.1, 0.15) is 36.6 Å². The van der Waals surface area contributed by atoms with Gasteiger partial charge in [-0.2, -0.15) is 0 Å². The summed E-state index contributed by atoms with van der Waals surface area (Å²) in [6, 6.07) is 12.1. The van der Waals surface area contributed by atoms with Crippen LogP contribution >= 0.6 is 15.9 Å². The number of rotatable bonds is 8. The fourth-order valence-corrected chi connectivity index (χ4v) is 4.33. The second kappa shape index (κ2) is 10.3. The molecular weight excluding hydrogens is 472 g/mol. The van der Waals surface area contributed by atoms with Crippen molar-refractivity contribution in [3.8, 4) is 5.75 Å².